The van der Waals surface area contributed by atoms with Crippen LogP contribution in [0, 0.1) is 0 Å². The molecule has 0 saturated carbocycles. The van der Waals surface area contributed by atoms with Crippen molar-refractivity contribution in [2.45, 2.75) is 26.4 Å². The number of phenols is 1. The van der Waals surface area contributed by atoms with Gasteiger partial charge in [0.25, 0.3) is 5.91 Å². The molecule has 2 N–H and O–H groups in total. The SMILES string of the molecule is CCc1ccc(NC(=O)[C@@H](C)OC(=O)c2ccc(OC)cc2O)cc1. The number of hydrogen-bond donors (Lipinski definition) is 2. The van der Waals surface area contributed by atoms with Crippen LogP contribution in [0.1, 0.15) is 29.8 Å². The number of aromatic hydroxyl groups is 1. The summed E-state index contributed by atoms with van der Waals surface area (Å²) in [6, 6.07) is 11.6. The highest BCUT2D eigenvalue weighted by atomic mass is 16.5. The predicted molar refractivity (Wildman–Crippen MR) is 94.0 cm³/mol. The Hall–Kier alpha value is -3.02. The summed E-state index contributed by atoms with van der Waals surface area (Å²) in [7, 11) is 1.45. The maximum Gasteiger partial charge on any atom is 0.342 e. The van der Waals surface area contributed by atoms with E-state index in [1.54, 1.807) is 12.1 Å². The lowest BCUT2D eigenvalue weighted by Crippen LogP contribution is -2.30. The molecule has 132 valence electrons. The second-order valence-corrected chi connectivity index (χ2v) is 5.47. The smallest absolute Gasteiger partial charge is 0.342 e. The van der Waals surface area contributed by atoms with E-state index >= 15 is 0 Å². The van der Waals surface area contributed by atoms with Gasteiger partial charge in [-0.15, -0.1) is 0 Å². The molecule has 0 aliphatic heterocycles. The van der Waals surface area contributed by atoms with Crippen LogP contribution < -0.4 is 10.1 Å². The van der Waals surface area contributed by atoms with Gasteiger partial charge in [-0.1, -0.05) is 19.1 Å². The quantitative estimate of drug-likeness (QED) is 0.787. The van der Waals surface area contributed by atoms with Crippen molar-refractivity contribution in [3.63, 3.8) is 0 Å². The van der Waals surface area contributed by atoms with E-state index in [1.807, 2.05) is 19.1 Å². The van der Waals surface area contributed by atoms with Gasteiger partial charge in [-0.2, -0.15) is 0 Å². The number of esters is 1. The molecule has 1 atom stereocenters. The minimum absolute atomic E-state index is 0.0345. The molecule has 2 aromatic carbocycles. The predicted octanol–water partition coefficient (Wildman–Crippen LogP) is 3.15. The molecule has 0 fully saturated rings. The first-order chi connectivity index (χ1) is 11.9. The molecule has 0 saturated heterocycles. The number of carbonyl (C=O) groups is 2. The summed E-state index contributed by atoms with van der Waals surface area (Å²) in [5.74, 6) is -1.10. The first-order valence-electron chi connectivity index (χ1n) is 7.92. The van der Waals surface area contributed by atoms with Crippen LogP contribution in [0.5, 0.6) is 11.5 Å². The normalized spacial score (nSPS) is 11.5. The van der Waals surface area contributed by atoms with Crippen LogP contribution in [0.2, 0.25) is 0 Å². The number of aryl methyl sites for hydroxylation is 1. The number of amides is 1. The van der Waals surface area contributed by atoms with Crippen molar-refractivity contribution >= 4 is 17.6 Å². The van der Waals surface area contributed by atoms with Crippen LogP contribution in [0.4, 0.5) is 5.69 Å². The number of benzene rings is 2. The monoisotopic (exact) mass is 343 g/mol. The van der Waals surface area contributed by atoms with Gasteiger partial charge >= 0.3 is 5.97 Å². The van der Waals surface area contributed by atoms with Crippen molar-refractivity contribution < 1.29 is 24.2 Å². The molecule has 2 aromatic rings. The Morgan fingerprint density at radius 2 is 1.84 bits per heavy atom. The van der Waals surface area contributed by atoms with E-state index in [0.717, 1.165) is 12.0 Å². The Kier molecular flexibility index (Phi) is 6.00. The molecule has 0 aromatic heterocycles. The van der Waals surface area contributed by atoms with Gasteiger partial charge in [0.1, 0.15) is 17.1 Å². The van der Waals surface area contributed by atoms with Crippen molar-refractivity contribution in [2.24, 2.45) is 0 Å². The fourth-order valence-electron chi connectivity index (χ4n) is 2.16. The molecular formula is C19H21NO5. The molecule has 6 nitrogen and oxygen atoms in total. The van der Waals surface area contributed by atoms with Crippen molar-refractivity contribution in [1.82, 2.24) is 0 Å². The summed E-state index contributed by atoms with van der Waals surface area (Å²) in [6.45, 7) is 3.51. The maximum atomic E-state index is 12.1. The zero-order chi connectivity index (χ0) is 18.4. The van der Waals surface area contributed by atoms with E-state index in [1.165, 1.54) is 32.2 Å². The van der Waals surface area contributed by atoms with Crippen LogP contribution >= 0.6 is 0 Å². The molecule has 0 heterocycles. The van der Waals surface area contributed by atoms with Gasteiger partial charge in [-0.05, 0) is 43.2 Å². The minimum atomic E-state index is -1.01. The van der Waals surface area contributed by atoms with Crippen molar-refractivity contribution in [3.05, 3.63) is 53.6 Å². The zero-order valence-corrected chi connectivity index (χ0v) is 14.4. The van der Waals surface area contributed by atoms with Gasteiger partial charge in [0.15, 0.2) is 6.10 Å². The van der Waals surface area contributed by atoms with Crippen molar-refractivity contribution in [2.75, 3.05) is 12.4 Å². The molecule has 0 unspecified atom stereocenters. The number of phenolic OH excluding ortho intramolecular Hbond substituents is 1. The molecule has 0 aliphatic carbocycles. The van der Waals surface area contributed by atoms with Crippen LogP contribution in [0.15, 0.2) is 42.5 Å². The minimum Gasteiger partial charge on any atom is -0.507 e. The number of nitrogens with one attached hydrogen (secondary N) is 1. The number of anilines is 1. The summed E-state index contributed by atoms with van der Waals surface area (Å²) in [4.78, 5) is 24.3. The average Bonchev–Trinajstić information content (AvgIpc) is 2.61. The van der Waals surface area contributed by atoms with E-state index < -0.39 is 18.0 Å². The number of rotatable bonds is 6. The molecular weight excluding hydrogens is 322 g/mol. The van der Waals surface area contributed by atoms with Crippen molar-refractivity contribution in [3.8, 4) is 11.5 Å². The summed E-state index contributed by atoms with van der Waals surface area (Å²) in [5.41, 5.74) is 1.75. The molecule has 0 bridgehead atoms. The van der Waals surface area contributed by atoms with E-state index in [9.17, 15) is 14.7 Å². The fourth-order valence-corrected chi connectivity index (χ4v) is 2.16. The maximum absolute atomic E-state index is 12.1. The third-order valence-corrected chi connectivity index (χ3v) is 3.71. The molecule has 25 heavy (non-hydrogen) atoms. The van der Waals surface area contributed by atoms with Gasteiger partial charge < -0.3 is 19.9 Å². The molecule has 6 heteroatoms. The van der Waals surface area contributed by atoms with Gasteiger partial charge in [0.2, 0.25) is 0 Å². The van der Waals surface area contributed by atoms with Crippen molar-refractivity contribution in [1.29, 1.82) is 0 Å². The highest BCUT2D eigenvalue weighted by Crippen LogP contribution is 2.24. The lowest BCUT2D eigenvalue weighted by molar-refractivity contribution is -0.123. The summed E-state index contributed by atoms with van der Waals surface area (Å²) < 4.78 is 10.1. The van der Waals surface area contributed by atoms with Crippen LogP contribution in [0.3, 0.4) is 0 Å². The van der Waals surface area contributed by atoms with Gasteiger partial charge in [0, 0.05) is 11.8 Å². The Balaban J connectivity index is 1.98. The van der Waals surface area contributed by atoms with Gasteiger partial charge in [-0.25, -0.2) is 4.79 Å². The fraction of sp³-hybridized carbons (Fsp3) is 0.263. The summed E-state index contributed by atoms with van der Waals surface area (Å²) in [6.07, 6.45) is -0.104. The van der Waals surface area contributed by atoms with Gasteiger partial charge in [0.05, 0.1) is 7.11 Å². The second-order valence-electron chi connectivity index (χ2n) is 5.47. The van der Waals surface area contributed by atoms with Crippen LogP contribution in [-0.4, -0.2) is 30.2 Å². The topological polar surface area (TPSA) is 84.9 Å². The highest BCUT2D eigenvalue weighted by molar-refractivity contribution is 5.98. The highest BCUT2D eigenvalue weighted by Gasteiger charge is 2.21. The van der Waals surface area contributed by atoms with Gasteiger partial charge in [-0.3, -0.25) is 4.79 Å². The molecule has 1 amide bonds. The van der Waals surface area contributed by atoms with E-state index in [4.69, 9.17) is 9.47 Å². The average molecular weight is 343 g/mol. The lowest BCUT2D eigenvalue weighted by atomic mass is 10.1. The Labute approximate surface area is 146 Å². The number of carbonyl (C=O) groups excluding carboxylic acids is 2. The first kappa shape index (κ1) is 18.3. The second kappa shape index (κ2) is 8.19. The third-order valence-electron chi connectivity index (χ3n) is 3.71. The Morgan fingerprint density at radius 3 is 2.40 bits per heavy atom. The van der Waals surface area contributed by atoms with Crippen LogP contribution in [0.25, 0.3) is 0 Å². The summed E-state index contributed by atoms with van der Waals surface area (Å²) in [5, 5.41) is 12.5. The molecule has 2 rings (SSSR count). The third kappa shape index (κ3) is 4.73. The van der Waals surface area contributed by atoms with E-state index in [-0.39, 0.29) is 11.3 Å². The number of ether oxygens (including phenoxy) is 2. The molecule has 0 spiro atoms. The first-order valence-corrected chi connectivity index (χ1v) is 7.92. The Bertz CT molecular complexity index is 755. The Morgan fingerprint density at radius 1 is 1.16 bits per heavy atom. The number of hydrogen-bond acceptors (Lipinski definition) is 5. The lowest BCUT2D eigenvalue weighted by Gasteiger charge is -2.14. The van der Waals surface area contributed by atoms with E-state index in [2.05, 4.69) is 5.32 Å². The number of methoxy groups -OCH3 is 1. The largest absolute Gasteiger partial charge is 0.507 e. The summed E-state index contributed by atoms with van der Waals surface area (Å²) >= 11 is 0. The van der Waals surface area contributed by atoms with E-state index in [0.29, 0.717) is 11.4 Å². The standard InChI is InChI=1S/C19H21NO5/c1-4-13-5-7-14(8-6-13)20-18(22)12(2)25-19(23)16-10-9-15(24-3)11-17(16)21/h5-12,21H,4H2,1-3H3,(H,20,22)/t12-/m1/s1. The molecule has 0 radical (unpaired) electrons. The van der Waals surface area contributed by atoms with Crippen LogP contribution in [-0.2, 0) is 16.0 Å². The zero-order valence-electron chi connectivity index (χ0n) is 14.4. The molecule has 0 aliphatic rings.